The normalized spacial score (nSPS) is 16.7. The number of rotatable bonds is 6. The molecule has 1 aliphatic rings. The van der Waals surface area contributed by atoms with E-state index in [4.69, 9.17) is 5.73 Å². The lowest BCUT2D eigenvalue weighted by Crippen LogP contribution is -2.34. The fourth-order valence-electron chi connectivity index (χ4n) is 2.59. The van der Waals surface area contributed by atoms with Gasteiger partial charge < -0.3 is 5.73 Å². The monoisotopic (exact) mass is 272 g/mol. The zero-order chi connectivity index (χ0) is 13.1. The Morgan fingerprint density at radius 1 is 1.16 bits per heavy atom. The molecule has 3 rings (SSSR count). The Morgan fingerprint density at radius 3 is 2.53 bits per heavy atom. The Hall–Kier alpha value is -1.16. The van der Waals surface area contributed by atoms with Gasteiger partial charge in [-0.15, -0.1) is 11.3 Å². The predicted molar refractivity (Wildman–Crippen MR) is 81.1 cm³/mol. The molecule has 19 heavy (non-hydrogen) atoms. The molecule has 1 heterocycles. The second-order valence-electron chi connectivity index (χ2n) is 5.16. The maximum atomic E-state index is 6.05. The van der Waals surface area contributed by atoms with Gasteiger partial charge in [0.15, 0.2) is 0 Å². The minimum Gasteiger partial charge on any atom is -0.329 e. The zero-order valence-corrected chi connectivity index (χ0v) is 11.9. The second kappa shape index (κ2) is 5.87. The summed E-state index contributed by atoms with van der Waals surface area (Å²) in [5.74, 6) is 0. The lowest BCUT2D eigenvalue weighted by molar-refractivity contribution is 0.184. The number of nitrogens with two attached hydrogens (primary N) is 1. The van der Waals surface area contributed by atoms with Crippen molar-refractivity contribution in [3.8, 4) is 0 Å². The summed E-state index contributed by atoms with van der Waals surface area (Å²) in [6.07, 6.45) is 2.63. The van der Waals surface area contributed by atoms with E-state index in [0.717, 1.165) is 12.6 Å². The third kappa shape index (κ3) is 3.06. The van der Waals surface area contributed by atoms with Crippen LogP contribution >= 0.6 is 11.3 Å². The smallest absolute Gasteiger partial charge is 0.0570 e. The Bertz CT molecular complexity index is 491. The molecule has 0 bridgehead atoms. The van der Waals surface area contributed by atoms with Gasteiger partial charge >= 0.3 is 0 Å². The maximum absolute atomic E-state index is 6.05. The second-order valence-corrected chi connectivity index (χ2v) is 6.14. The summed E-state index contributed by atoms with van der Waals surface area (Å²) in [6.45, 7) is 1.70. The summed E-state index contributed by atoms with van der Waals surface area (Å²) in [5.41, 5.74) is 7.43. The van der Waals surface area contributed by atoms with Crippen molar-refractivity contribution < 1.29 is 0 Å². The zero-order valence-electron chi connectivity index (χ0n) is 11.0. The van der Waals surface area contributed by atoms with Crippen LogP contribution < -0.4 is 5.73 Å². The van der Waals surface area contributed by atoms with Crippen LogP contribution in [0.1, 0.15) is 29.3 Å². The highest BCUT2D eigenvalue weighted by atomic mass is 32.1. The minimum absolute atomic E-state index is 0.368. The van der Waals surface area contributed by atoms with Gasteiger partial charge in [0.2, 0.25) is 0 Å². The van der Waals surface area contributed by atoms with E-state index in [-0.39, 0.29) is 0 Å². The fraction of sp³-hybridized carbons (Fsp3) is 0.375. The molecule has 1 aromatic carbocycles. The molecule has 100 valence electrons. The summed E-state index contributed by atoms with van der Waals surface area (Å²) in [5, 5.41) is 2.14. The molecule has 1 aromatic heterocycles. The first-order valence-corrected chi connectivity index (χ1v) is 7.79. The van der Waals surface area contributed by atoms with E-state index in [0.29, 0.717) is 12.6 Å². The predicted octanol–water partition coefficient (Wildman–Crippen LogP) is 3.41. The highest BCUT2D eigenvalue weighted by Gasteiger charge is 2.34. The first kappa shape index (κ1) is 12.9. The van der Waals surface area contributed by atoms with Crippen LogP contribution in [0.3, 0.4) is 0 Å². The third-order valence-corrected chi connectivity index (χ3v) is 4.69. The molecular formula is C16H20N2S. The van der Waals surface area contributed by atoms with Gasteiger partial charge in [-0.3, -0.25) is 4.90 Å². The summed E-state index contributed by atoms with van der Waals surface area (Å²) in [6, 6.07) is 16.1. The van der Waals surface area contributed by atoms with Crippen molar-refractivity contribution in [1.29, 1.82) is 0 Å². The number of thiophene rings is 1. The Balaban J connectivity index is 1.80. The van der Waals surface area contributed by atoms with E-state index in [1.54, 1.807) is 0 Å². The van der Waals surface area contributed by atoms with Crippen molar-refractivity contribution >= 4 is 11.3 Å². The van der Waals surface area contributed by atoms with Crippen molar-refractivity contribution in [2.75, 3.05) is 6.54 Å². The standard InChI is InChI=1S/C16H20N2S/c17-11-15(16-7-4-10-19-16)18(14-8-9-14)12-13-5-2-1-3-6-13/h1-7,10,14-15H,8-9,11-12,17H2. The number of hydrogen-bond donors (Lipinski definition) is 1. The van der Waals surface area contributed by atoms with Crippen molar-refractivity contribution in [3.05, 3.63) is 58.3 Å². The molecule has 0 saturated heterocycles. The lowest BCUT2D eigenvalue weighted by atomic mass is 10.1. The van der Waals surface area contributed by atoms with Gasteiger partial charge in [-0.2, -0.15) is 0 Å². The fourth-order valence-corrected chi connectivity index (χ4v) is 3.45. The SMILES string of the molecule is NCC(c1cccs1)N(Cc1ccccc1)C1CC1. The lowest BCUT2D eigenvalue weighted by Gasteiger charge is -2.30. The Kier molecular flexibility index (Phi) is 3.97. The third-order valence-electron chi connectivity index (χ3n) is 3.72. The molecule has 2 N–H and O–H groups in total. The molecule has 1 saturated carbocycles. The van der Waals surface area contributed by atoms with Crippen molar-refractivity contribution in [3.63, 3.8) is 0 Å². The highest BCUT2D eigenvalue weighted by molar-refractivity contribution is 7.10. The number of benzene rings is 1. The summed E-state index contributed by atoms with van der Waals surface area (Å²) in [7, 11) is 0. The van der Waals surface area contributed by atoms with E-state index in [2.05, 4.69) is 52.7 Å². The summed E-state index contributed by atoms with van der Waals surface area (Å²) in [4.78, 5) is 3.98. The molecule has 1 fully saturated rings. The van der Waals surface area contributed by atoms with E-state index in [1.807, 2.05) is 11.3 Å². The van der Waals surface area contributed by atoms with Crippen molar-refractivity contribution in [2.45, 2.75) is 31.5 Å². The van der Waals surface area contributed by atoms with Crippen LogP contribution in [0.2, 0.25) is 0 Å². The molecule has 1 atom stereocenters. The van der Waals surface area contributed by atoms with Crippen LogP contribution in [0.25, 0.3) is 0 Å². The number of hydrogen-bond acceptors (Lipinski definition) is 3. The van der Waals surface area contributed by atoms with Crippen molar-refractivity contribution in [2.24, 2.45) is 5.73 Å². The Morgan fingerprint density at radius 2 is 1.95 bits per heavy atom. The molecule has 0 spiro atoms. The highest BCUT2D eigenvalue weighted by Crippen LogP contribution is 2.36. The first-order chi connectivity index (χ1) is 9.38. The van der Waals surface area contributed by atoms with Crippen molar-refractivity contribution in [1.82, 2.24) is 4.90 Å². The topological polar surface area (TPSA) is 29.3 Å². The molecule has 2 nitrogen and oxygen atoms in total. The summed E-state index contributed by atoms with van der Waals surface area (Å²) >= 11 is 1.82. The Labute approximate surface area is 118 Å². The molecular weight excluding hydrogens is 252 g/mol. The maximum Gasteiger partial charge on any atom is 0.0570 e. The van der Waals surface area contributed by atoms with Crippen LogP contribution in [0.4, 0.5) is 0 Å². The number of nitrogens with zero attached hydrogens (tertiary/aromatic N) is 1. The van der Waals surface area contributed by atoms with Gasteiger partial charge in [-0.25, -0.2) is 0 Å². The largest absolute Gasteiger partial charge is 0.329 e. The van der Waals surface area contributed by atoms with Crippen LogP contribution in [0.5, 0.6) is 0 Å². The van der Waals surface area contributed by atoms with Gasteiger partial charge in [0, 0.05) is 24.0 Å². The minimum atomic E-state index is 0.368. The molecule has 0 aliphatic heterocycles. The average molecular weight is 272 g/mol. The van der Waals surface area contributed by atoms with Crippen LogP contribution in [0, 0.1) is 0 Å². The van der Waals surface area contributed by atoms with Gasteiger partial charge in [0.1, 0.15) is 0 Å². The van der Waals surface area contributed by atoms with Crippen LogP contribution in [0.15, 0.2) is 47.8 Å². The summed E-state index contributed by atoms with van der Waals surface area (Å²) < 4.78 is 0. The van der Waals surface area contributed by atoms with Gasteiger partial charge in [-0.1, -0.05) is 36.4 Å². The van der Waals surface area contributed by atoms with Gasteiger partial charge in [-0.05, 0) is 29.9 Å². The van der Waals surface area contributed by atoms with Crippen LogP contribution in [-0.4, -0.2) is 17.5 Å². The quantitative estimate of drug-likeness (QED) is 0.873. The van der Waals surface area contributed by atoms with Crippen LogP contribution in [-0.2, 0) is 6.54 Å². The van der Waals surface area contributed by atoms with E-state index in [1.165, 1.54) is 23.3 Å². The van der Waals surface area contributed by atoms with E-state index < -0.39 is 0 Å². The van der Waals surface area contributed by atoms with Gasteiger partial charge in [0.05, 0.1) is 6.04 Å². The van der Waals surface area contributed by atoms with E-state index in [9.17, 15) is 0 Å². The molecule has 1 unspecified atom stereocenters. The molecule has 1 aliphatic carbocycles. The molecule has 0 radical (unpaired) electrons. The van der Waals surface area contributed by atoms with E-state index >= 15 is 0 Å². The first-order valence-electron chi connectivity index (χ1n) is 6.91. The average Bonchev–Trinajstić information content (AvgIpc) is 3.16. The van der Waals surface area contributed by atoms with Gasteiger partial charge in [0.25, 0.3) is 0 Å². The molecule has 2 aromatic rings. The molecule has 3 heteroatoms. The molecule has 0 amide bonds.